The van der Waals surface area contributed by atoms with Crippen molar-refractivity contribution in [2.45, 2.75) is 0 Å². The summed E-state index contributed by atoms with van der Waals surface area (Å²) in [7, 11) is 0. The van der Waals surface area contributed by atoms with Gasteiger partial charge in [0.25, 0.3) is 5.91 Å². The lowest BCUT2D eigenvalue weighted by Crippen LogP contribution is -2.27. The van der Waals surface area contributed by atoms with Crippen molar-refractivity contribution in [3.63, 3.8) is 0 Å². The Morgan fingerprint density at radius 2 is 2.05 bits per heavy atom. The van der Waals surface area contributed by atoms with Crippen LogP contribution >= 0.6 is 27.3 Å². The summed E-state index contributed by atoms with van der Waals surface area (Å²) in [6.07, 6.45) is 0. The molecule has 100 valence electrons. The molecule has 0 bridgehead atoms. The highest BCUT2D eigenvalue weighted by Gasteiger charge is 2.10. The Labute approximate surface area is 123 Å². The number of carbonyl (C=O) groups is 1. The van der Waals surface area contributed by atoms with E-state index in [-0.39, 0.29) is 5.91 Å². The van der Waals surface area contributed by atoms with Crippen molar-refractivity contribution < 1.29 is 9.53 Å². The normalized spacial score (nSPS) is 10.2. The maximum Gasteiger partial charge on any atom is 0.262 e. The van der Waals surface area contributed by atoms with Gasteiger partial charge < -0.3 is 15.8 Å². The maximum atomic E-state index is 11.8. The van der Waals surface area contributed by atoms with E-state index in [1.165, 1.54) is 11.3 Å². The van der Waals surface area contributed by atoms with Crippen LogP contribution in [0.2, 0.25) is 0 Å². The number of rotatable bonds is 5. The van der Waals surface area contributed by atoms with E-state index in [1.807, 2.05) is 11.4 Å². The van der Waals surface area contributed by atoms with Gasteiger partial charge in [-0.05, 0) is 51.6 Å². The lowest BCUT2D eigenvalue weighted by molar-refractivity contribution is 0.0950. The molecule has 0 aliphatic carbocycles. The highest BCUT2D eigenvalue weighted by Crippen LogP contribution is 2.22. The van der Waals surface area contributed by atoms with Gasteiger partial charge in [-0.3, -0.25) is 4.79 Å². The van der Waals surface area contributed by atoms with Gasteiger partial charge in [0.15, 0.2) is 0 Å². The van der Waals surface area contributed by atoms with Crippen LogP contribution in [0.25, 0.3) is 0 Å². The van der Waals surface area contributed by atoms with Crippen molar-refractivity contribution in [3.8, 4) is 5.75 Å². The molecule has 3 N–H and O–H groups in total. The average molecular weight is 341 g/mol. The fourth-order valence-corrected chi connectivity index (χ4v) is 2.90. The Hall–Kier alpha value is -1.53. The number of carbonyl (C=O) groups excluding carboxylic acids is 1. The van der Waals surface area contributed by atoms with E-state index < -0.39 is 0 Å². The minimum absolute atomic E-state index is 0.0946. The molecule has 6 heteroatoms. The minimum atomic E-state index is -0.0946. The predicted octanol–water partition coefficient (Wildman–Crippen LogP) is 2.90. The van der Waals surface area contributed by atoms with Crippen molar-refractivity contribution in [2.75, 3.05) is 18.9 Å². The third-order valence-electron chi connectivity index (χ3n) is 2.36. The second-order valence-electron chi connectivity index (χ2n) is 3.77. The Kier molecular flexibility index (Phi) is 4.81. The van der Waals surface area contributed by atoms with Gasteiger partial charge in [0.2, 0.25) is 0 Å². The summed E-state index contributed by atoms with van der Waals surface area (Å²) >= 11 is 4.73. The summed E-state index contributed by atoms with van der Waals surface area (Å²) in [6.45, 7) is 0.867. The Morgan fingerprint density at radius 1 is 1.32 bits per heavy atom. The largest absolute Gasteiger partial charge is 0.492 e. The van der Waals surface area contributed by atoms with Gasteiger partial charge in [0, 0.05) is 10.2 Å². The molecule has 0 saturated carbocycles. The van der Waals surface area contributed by atoms with E-state index in [4.69, 9.17) is 10.5 Å². The van der Waals surface area contributed by atoms with Crippen LogP contribution in [0.5, 0.6) is 5.75 Å². The van der Waals surface area contributed by atoms with Gasteiger partial charge in [0.05, 0.1) is 6.54 Å². The molecular formula is C13H13BrN2O2S. The van der Waals surface area contributed by atoms with E-state index in [1.54, 1.807) is 24.3 Å². The molecule has 2 rings (SSSR count). The van der Waals surface area contributed by atoms with Gasteiger partial charge in [0.1, 0.15) is 17.2 Å². The first-order chi connectivity index (χ1) is 9.16. The minimum Gasteiger partial charge on any atom is -0.492 e. The fourth-order valence-electron chi connectivity index (χ4n) is 1.43. The number of hydrogen-bond acceptors (Lipinski definition) is 4. The highest BCUT2D eigenvalue weighted by molar-refractivity contribution is 9.10. The zero-order valence-corrected chi connectivity index (χ0v) is 12.5. The third-order valence-corrected chi connectivity index (χ3v) is 4.20. The molecule has 0 fully saturated rings. The zero-order valence-electron chi connectivity index (χ0n) is 10.1. The van der Waals surface area contributed by atoms with E-state index >= 15 is 0 Å². The maximum absolute atomic E-state index is 11.8. The molecule has 0 saturated heterocycles. The summed E-state index contributed by atoms with van der Waals surface area (Å²) in [5.41, 5.74) is 6.27. The second-order valence-corrected chi connectivity index (χ2v) is 5.54. The number of nitrogen functional groups attached to an aromatic ring is 1. The molecular weight excluding hydrogens is 328 g/mol. The second kappa shape index (κ2) is 6.58. The standard InChI is InChI=1S/C13H13BrN2O2S/c14-11-5-8-19-12(11)13(17)16-6-7-18-10-3-1-9(15)2-4-10/h1-5,8H,6-7,15H2,(H,16,17). The van der Waals surface area contributed by atoms with Crippen LogP contribution in [0.1, 0.15) is 9.67 Å². The first-order valence-electron chi connectivity index (χ1n) is 5.66. The summed E-state index contributed by atoms with van der Waals surface area (Å²) in [5, 5.41) is 4.66. The molecule has 0 aliphatic heterocycles. The fraction of sp³-hybridized carbons (Fsp3) is 0.154. The molecule has 0 atom stereocenters. The number of nitrogens with one attached hydrogen (secondary N) is 1. The highest BCUT2D eigenvalue weighted by atomic mass is 79.9. The van der Waals surface area contributed by atoms with Crippen LogP contribution in [0.15, 0.2) is 40.2 Å². The number of nitrogens with two attached hydrogens (primary N) is 1. The summed E-state index contributed by atoms with van der Waals surface area (Å²) in [6, 6.07) is 9.00. The van der Waals surface area contributed by atoms with Crippen LogP contribution in [-0.2, 0) is 0 Å². The summed E-state index contributed by atoms with van der Waals surface area (Å²) in [5.74, 6) is 0.642. The monoisotopic (exact) mass is 340 g/mol. The summed E-state index contributed by atoms with van der Waals surface area (Å²) in [4.78, 5) is 12.5. The first-order valence-corrected chi connectivity index (χ1v) is 7.33. The number of thiophene rings is 1. The molecule has 1 heterocycles. The molecule has 0 spiro atoms. The van der Waals surface area contributed by atoms with Crippen LogP contribution in [-0.4, -0.2) is 19.1 Å². The number of ether oxygens (including phenoxy) is 1. The lowest BCUT2D eigenvalue weighted by atomic mass is 10.3. The van der Waals surface area contributed by atoms with Crippen molar-refractivity contribution in [2.24, 2.45) is 0 Å². The SMILES string of the molecule is Nc1ccc(OCCNC(=O)c2sccc2Br)cc1. The Bertz CT molecular complexity index is 554. The third kappa shape index (κ3) is 3.97. The van der Waals surface area contributed by atoms with E-state index in [0.29, 0.717) is 23.7 Å². The predicted molar refractivity (Wildman–Crippen MR) is 80.7 cm³/mol. The molecule has 0 aliphatic rings. The van der Waals surface area contributed by atoms with E-state index in [2.05, 4.69) is 21.2 Å². The molecule has 2 aromatic rings. The van der Waals surface area contributed by atoms with E-state index in [9.17, 15) is 4.79 Å². The van der Waals surface area contributed by atoms with Crippen LogP contribution in [0.4, 0.5) is 5.69 Å². The average Bonchev–Trinajstić information content (AvgIpc) is 2.83. The lowest BCUT2D eigenvalue weighted by Gasteiger charge is -2.07. The van der Waals surface area contributed by atoms with Crippen molar-refractivity contribution in [3.05, 3.63) is 45.1 Å². The molecule has 0 unspecified atom stereocenters. The van der Waals surface area contributed by atoms with Crippen molar-refractivity contribution in [1.29, 1.82) is 0 Å². The smallest absolute Gasteiger partial charge is 0.262 e. The van der Waals surface area contributed by atoms with Gasteiger partial charge in [-0.25, -0.2) is 0 Å². The van der Waals surface area contributed by atoms with E-state index in [0.717, 1.165) is 10.2 Å². The van der Waals surface area contributed by atoms with Crippen LogP contribution < -0.4 is 15.8 Å². The van der Waals surface area contributed by atoms with Crippen molar-refractivity contribution in [1.82, 2.24) is 5.32 Å². The van der Waals surface area contributed by atoms with Crippen LogP contribution in [0, 0.1) is 0 Å². The van der Waals surface area contributed by atoms with Gasteiger partial charge in [-0.15, -0.1) is 11.3 Å². The number of anilines is 1. The molecule has 4 nitrogen and oxygen atoms in total. The molecule has 0 radical (unpaired) electrons. The van der Waals surface area contributed by atoms with Crippen LogP contribution in [0.3, 0.4) is 0 Å². The molecule has 19 heavy (non-hydrogen) atoms. The summed E-state index contributed by atoms with van der Waals surface area (Å²) < 4.78 is 6.29. The number of hydrogen-bond donors (Lipinski definition) is 2. The topological polar surface area (TPSA) is 64.3 Å². The molecule has 1 aromatic carbocycles. The number of benzene rings is 1. The number of amides is 1. The van der Waals surface area contributed by atoms with Crippen molar-refractivity contribution >= 4 is 38.9 Å². The quantitative estimate of drug-likeness (QED) is 0.649. The first kappa shape index (κ1) is 13.9. The zero-order chi connectivity index (χ0) is 13.7. The van der Waals surface area contributed by atoms with Gasteiger partial charge in [-0.1, -0.05) is 0 Å². The van der Waals surface area contributed by atoms with Gasteiger partial charge in [-0.2, -0.15) is 0 Å². The molecule has 1 amide bonds. The Balaban J connectivity index is 1.74. The number of halogens is 1. The molecule has 1 aromatic heterocycles. The van der Waals surface area contributed by atoms with Gasteiger partial charge >= 0.3 is 0 Å². The Morgan fingerprint density at radius 3 is 2.68 bits per heavy atom.